The molecule has 0 aliphatic heterocycles. The molecule has 2 unspecified atom stereocenters. The molecule has 1 aliphatic carbocycles. The lowest BCUT2D eigenvalue weighted by atomic mass is 9.66. The number of amides is 1. The van der Waals surface area contributed by atoms with Crippen LogP contribution in [0.5, 0.6) is 0 Å². The third kappa shape index (κ3) is 2.00. The van der Waals surface area contributed by atoms with E-state index in [1.807, 2.05) is 6.92 Å². The molecular weight excluding hydrogens is 164 g/mol. The molecule has 0 bridgehead atoms. The van der Waals surface area contributed by atoms with Crippen LogP contribution in [0.25, 0.3) is 0 Å². The van der Waals surface area contributed by atoms with E-state index in [-0.39, 0.29) is 12.3 Å². The first-order chi connectivity index (χ1) is 6.10. The number of rotatable bonds is 2. The number of hydrogen-bond donors (Lipinski definition) is 1. The van der Waals surface area contributed by atoms with Crippen molar-refractivity contribution in [3.8, 4) is 6.07 Å². The quantitative estimate of drug-likeness (QED) is 0.701. The lowest BCUT2D eigenvalue weighted by molar-refractivity contribution is -0.120. The summed E-state index contributed by atoms with van der Waals surface area (Å²) in [6, 6.07) is 2.30. The topological polar surface area (TPSA) is 66.9 Å². The number of hydrogen-bond acceptors (Lipinski definition) is 2. The van der Waals surface area contributed by atoms with E-state index in [0.29, 0.717) is 5.92 Å². The molecule has 1 aliphatic rings. The van der Waals surface area contributed by atoms with Crippen molar-refractivity contribution >= 4 is 5.91 Å². The molecule has 0 aromatic rings. The Morgan fingerprint density at radius 1 is 1.69 bits per heavy atom. The predicted molar refractivity (Wildman–Crippen MR) is 49.5 cm³/mol. The number of nitrogens with zero attached hydrogens (tertiary/aromatic N) is 1. The van der Waals surface area contributed by atoms with Gasteiger partial charge in [0.25, 0.3) is 0 Å². The van der Waals surface area contributed by atoms with Gasteiger partial charge in [-0.25, -0.2) is 0 Å². The summed E-state index contributed by atoms with van der Waals surface area (Å²) in [7, 11) is 0. The second-order valence-electron chi connectivity index (χ2n) is 4.06. The van der Waals surface area contributed by atoms with Crippen molar-refractivity contribution in [2.24, 2.45) is 17.1 Å². The predicted octanol–water partition coefficient (Wildman–Crippen LogP) is 1.58. The van der Waals surface area contributed by atoms with E-state index in [2.05, 4.69) is 6.07 Å². The SMILES string of the molecule is CC1CCCCC1(C#N)CC(N)=O. The van der Waals surface area contributed by atoms with Gasteiger partial charge < -0.3 is 5.73 Å². The van der Waals surface area contributed by atoms with Gasteiger partial charge >= 0.3 is 0 Å². The molecule has 13 heavy (non-hydrogen) atoms. The Bertz CT molecular complexity index is 244. The van der Waals surface area contributed by atoms with Crippen LogP contribution in [-0.2, 0) is 4.79 Å². The van der Waals surface area contributed by atoms with Gasteiger partial charge in [0, 0.05) is 6.42 Å². The minimum absolute atomic E-state index is 0.227. The van der Waals surface area contributed by atoms with Crippen LogP contribution in [0.1, 0.15) is 39.0 Å². The minimum Gasteiger partial charge on any atom is -0.370 e. The average Bonchev–Trinajstić information content (AvgIpc) is 2.08. The Balaban J connectivity index is 2.77. The largest absolute Gasteiger partial charge is 0.370 e. The summed E-state index contributed by atoms with van der Waals surface area (Å²) in [5, 5.41) is 9.10. The van der Waals surface area contributed by atoms with Crippen LogP contribution in [0, 0.1) is 22.7 Å². The Labute approximate surface area is 78.9 Å². The zero-order chi connectivity index (χ0) is 9.90. The molecule has 0 aromatic heterocycles. The van der Waals surface area contributed by atoms with Gasteiger partial charge in [-0.3, -0.25) is 4.79 Å². The molecule has 72 valence electrons. The first kappa shape index (κ1) is 10.0. The Morgan fingerprint density at radius 2 is 2.38 bits per heavy atom. The lowest BCUT2D eigenvalue weighted by Crippen LogP contribution is -2.35. The smallest absolute Gasteiger partial charge is 0.219 e. The van der Waals surface area contributed by atoms with E-state index in [1.54, 1.807) is 0 Å². The van der Waals surface area contributed by atoms with Gasteiger partial charge in [0.15, 0.2) is 0 Å². The summed E-state index contributed by atoms with van der Waals surface area (Å²) in [6.07, 6.45) is 4.31. The Morgan fingerprint density at radius 3 is 2.85 bits per heavy atom. The molecule has 3 nitrogen and oxygen atoms in total. The number of nitrogens with two attached hydrogens (primary N) is 1. The second-order valence-corrected chi connectivity index (χ2v) is 4.06. The normalized spacial score (nSPS) is 33.7. The van der Waals surface area contributed by atoms with Gasteiger partial charge in [-0.05, 0) is 18.8 Å². The highest BCUT2D eigenvalue weighted by molar-refractivity contribution is 5.75. The molecule has 0 heterocycles. The van der Waals surface area contributed by atoms with E-state index in [1.165, 1.54) is 6.42 Å². The van der Waals surface area contributed by atoms with Crippen LogP contribution >= 0.6 is 0 Å². The van der Waals surface area contributed by atoms with Crippen molar-refractivity contribution in [3.63, 3.8) is 0 Å². The first-order valence-electron chi connectivity index (χ1n) is 4.80. The maximum atomic E-state index is 10.8. The molecule has 0 spiro atoms. The van der Waals surface area contributed by atoms with Crippen LogP contribution in [0.4, 0.5) is 0 Å². The van der Waals surface area contributed by atoms with Crippen LogP contribution in [0.3, 0.4) is 0 Å². The number of primary amides is 1. The maximum Gasteiger partial charge on any atom is 0.219 e. The van der Waals surface area contributed by atoms with Crippen LogP contribution < -0.4 is 5.73 Å². The second kappa shape index (κ2) is 3.78. The monoisotopic (exact) mass is 180 g/mol. The van der Waals surface area contributed by atoms with Gasteiger partial charge in [0.2, 0.25) is 5.91 Å². The van der Waals surface area contributed by atoms with Crippen molar-refractivity contribution in [2.45, 2.75) is 39.0 Å². The molecule has 2 N–H and O–H groups in total. The number of carbonyl (C=O) groups excluding carboxylic acids is 1. The van der Waals surface area contributed by atoms with Crippen molar-refractivity contribution < 1.29 is 4.79 Å². The van der Waals surface area contributed by atoms with Crippen LogP contribution in [-0.4, -0.2) is 5.91 Å². The highest BCUT2D eigenvalue weighted by atomic mass is 16.1. The molecule has 0 radical (unpaired) electrons. The highest BCUT2D eigenvalue weighted by Crippen LogP contribution is 2.42. The summed E-state index contributed by atoms with van der Waals surface area (Å²) in [4.78, 5) is 10.8. The summed E-state index contributed by atoms with van der Waals surface area (Å²) in [5.41, 5.74) is 4.69. The lowest BCUT2D eigenvalue weighted by Gasteiger charge is -2.35. The Hall–Kier alpha value is -1.04. The molecule has 1 fully saturated rings. The third-order valence-electron chi connectivity index (χ3n) is 3.17. The van der Waals surface area contributed by atoms with E-state index < -0.39 is 5.41 Å². The fourth-order valence-electron chi connectivity index (χ4n) is 2.19. The summed E-state index contributed by atoms with van der Waals surface area (Å²) >= 11 is 0. The van der Waals surface area contributed by atoms with Crippen LogP contribution in [0.15, 0.2) is 0 Å². The van der Waals surface area contributed by atoms with Gasteiger partial charge in [0.1, 0.15) is 0 Å². The van der Waals surface area contributed by atoms with E-state index in [0.717, 1.165) is 19.3 Å². The van der Waals surface area contributed by atoms with E-state index >= 15 is 0 Å². The zero-order valence-electron chi connectivity index (χ0n) is 8.05. The molecule has 1 saturated carbocycles. The average molecular weight is 180 g/mol. The first-order valence-corrected chi connectivity index (χ1v) is 4.80. The van der Waals surface area contributed by atoms with E-state index in [9.17, 15) is 4.79 Å². The van der Waals surface area contributed by atoms with Gasteiger partial charge in [-0.15, -0.1) is 0 Å². The van der Waals surface area contributed by atoms with E-state index in [4.69, 9.17) is 11.0 Å². The summed E-state index contributed by atoms with van der Waals surface area (Å²) in [5.74, 6) is -0.0472. The third-order valence-corrected chi connectivity index (χ3v) is 3.17. The van der Waals surface area contributed by atoms with Crippen molar-refractivity contribution in [3.05, 3.63) is 0 Å². The Kier molecular flexibility index (Phi) is 2.92. The molecule has 0 saturated heterocycles. The van der Waals surface area contributed by atoms with Gasteiger partial charge in [0.05, 0.1) is 11.5 Å². The molecule has 2 atom stereocenters. The molecule has 1 rings (SSSR count). The zero-order valence-corrected chi connectivity index (χ0v) is 8.05. The maximum absolute atomic E-state index is 10.8. The highest BCUT2D eigenvalue weighted by Gasteiger charge is 2.39. The number of nitriles is 1. The molecule has 0 aromatic carbocycles. The summed E-state index contributed by atoms with van der Waals surface area (Å²) < 4.78 is 0. The fraction of sp³-hybridized carbons (Fsp3) is 0.800. The van der Waals surface area contributed by atoms with Gasteiger partial charge in [-0.1, -0.05) is 19.8 Å². The van der Waals surface area contributed by atoms with Crippen molar-refractivity contribution in [1.82, 2.24) is 0 Å². The molecular formula is C10H16N2O. The number of carbonyl (C=O) groups is 1. The van der Waals surface area contributed by atoms with Crippen molar-refractivity contribution in [1.29, 1.82) is 5.26 Å². The molecule has 1 amide bonds. The fourth-order valence-corrected chi connectivity index (χ4v) is 2.19. The summed E-state index contributed by atoms with van der Waals surface area (Å²) in [6.45, 7) is 2.05. The standard InChI is InChI=1S/C10H16N2O/c1-8-4-2-3-5-10(8,7-11)6-9(12)13/h8H,2-6H2,1H3,(H2,12,13). The van der Waals surface area contributed by atoms with Gasteiger partial charge in [-0.2, -0.15) is 5.26 Å². The van der Waals surface area contributed by atoms with Crippen molar-refractivity contribution in [2.75, 3.05) is 0 Å². The molecule has 3 heteroatoms. The minimum atomic E-state index is -0.468. The van der Waals surface area contributed by atoms with Crippen LogP contribution in [0.2, 0.25) is 0 Å².